The first-order valence-electron chi connectivity index (χ1n) is 46.8. The maximum absolute atomic E-state index is 14.9. The second kappa shape index (κ2) is 68.6. The molecule has 0 radical (unpaired) electrons. The van der Waals surface area contributed by atoms with Gasteiger partial charge in [0.25, 0.3) is 0 Å². The van der Waals surface area contributed by atoms with E-state index in [4.69, 9.17) is 46.9 Å². The summed E-state index contributed by atoms with van der Waals surface area (Å²) in [6.07, 6.45) is 25.0. The lowest BCUT2D eigenvalue weighted by Gasteiger charge is -2.50. The number of hydrogen-bond donors (Lipinski definition) is 10. The smallest absolute Gasteiger partial charge is 0.463 e. The summed E-state index contributed by atoms with van der Waals surface area (Å²) < 4.78 is 73.4. The van der Waals surface area contributed by atoms with E-state index >= 15 is 0 Å². The summed E-state index contributed by atoms with van der Waals surface area (Å²) in [5.41, 5.74) is 0. The third-order valence-electron chi connectivity index (χ3n) is 23.2. The number of phosphoric ester groups is 1. The number of aliphatic hydroxyl groups excluding tert-OH is 9. The van der Waals surface area contributed by atoms with Crippen molar-refractivity contribution in [3.8, 4) is 0 Å². The van der Waals surface area contributed by atoms with Gasteiger partial charge >= 0.3 is 31.7 Å². The Balaban J connectivity index is 1.93. The Morgan fingerprint density at radius 2 is 0.698 bits per heavy atom. The molecule has 10 N–H and O–H groups in total. The molecule has 3 rings (SSSR count). The van der Waals surface area contributed by atoms with Crippen molar-refractivity contribution in [2.24, 2.45) is 5.92 Å². The van der Waals surface area contributed by atoms with Crippen LogP contribution in [0, 0.1) is 5.92 Å². The highest BCUT2D eigenvalue weighted by atomic mass is 31.2. The van der Waals surface area contributed by atoms with Gasteiger partial charge in [0.15, 0.2) is 24.8 Å². The zero-order valence-electron chi connectivity index (χ0n) is 72.7. The van der Waals surface area contributed by atoms with Gasteiger partial charge in [-0.05, 0) is 57.3 Å². The van der Waals surface area contributed by atoms with Gasteiger partial charge in [-0.15, -0.1) is 0 Å². The van der Waals surface area contributed by atoms with Crippen LogP contribution in [0.25, 0.3) is 0 Å². The highest BCUT2D eigenvalue weighted by Gasteiger charge is 2.60. The van der Waals surface area contributed by atoms with E-state index in [9.17, 15) is 74.6 Å². The number of aliphatic hydroxyl groups is 9. The first-order chi connectivity index (χ1) is 56.1. The predicted molar refractivity (Wildman–Crippen MR) is 449 cm³/mol. The third kappa shape index (κ3) is 48.9. The van der Waals surface area contributed by atoms with Crippen LogP contribution in [0.3, 0.4) is 0 Å². The number of unbranched alkanes of at least 4 members (excludes halogenated alkanes) is 45. The Bertz CT molecular complexity index is 2480. The molecule has 1 saturated carbocycles. The molecule has 26 heteroatoms. The lowest BCUT2D eigenvalue weighted by Crippen LogP contribution is -2.70. The number of ether oxygens (including phenoxy) is 8. The molecular weight excluding hydrogens is 1510 g/mol. The number of phosphoric acid groups is 1. The van der Waals surface area contributed by atoms with Gasteiger partial charge in [-0.2, -0.15) is 0 Å². The van der Waals surface area contributed by atoms with Crippen LogP contribution >= 0.6 is 7.82 Å². The minimum atomic E-state index is -5.81. The van der Waals surface area contributed by atoms with Crippen molar-refractivity contribution in [2.45, 2.75) is 505 Å². The average molecular weight is 1680 g/mol. The minimum Gasteiger partial charge on any atom is -0.463 e. The summed E-state index contributed by atoms with van der Waals surface area (Å²) in [4.78, 5) is 66.5. The molecule has 3 aliphatic rings. The van der Waals surface area contributed by atoms with E-state index in [1.807, 2.05) is 0 Å². The quantitative estimate of drug-likeness (QED) is 0.00889. The fourth-order valence-electron chi connectivity index (χ4n) is 15.6. The topological polar surface area (TPSA) is 380 Å². The van der Waals surface area contributed by atoms with Crippen LogP contribution < -0.4 is 0 Å². The molecule has 2 heterocycles. The van der Waals surface area contributed by atoms with Crippen molar-refractivity contribution < 1.29 is 122 Å². The molecular formula is C90H167O25P. The van der Waals surface area contributed by atoms with E-state index in [1.165, 1.54) is 161 Å². The van der Waals surface area contributed by atoms with E-state index < -0.39 is 162 Å². The lowest BCUT2D eigenvalue weighted by atomic mass is 9.84. The van der Waals surface area contributed by atoms with Crippen molar-refractivity contribution in [2.75, 3.05) is 26.4 Å². The highest BCUT2D eigenvalue weighted by Crippen LogP contribution is 2.49. The maximum atomic E-state index is 14.9. The first kappa shape index (κ1) is 107. The van der Waals surface area contributed by atoms with E-state index in [0.29, 0.717) is 38.0 Å². The number of esters is 4. The number of rotatable bonds is 75. The normalized spacial score (nSPS) is 25.4. The zero-order valence-corrected chi connectivity index (χ0v) is 73.6. The molecule has 0 bridgehead atoms. The molecule has 19 atom stereocenters. The number of carbonyl (C=O) groups excluding carboxylic acids is 4. The molecule has 682 valence electrons. The third-order valence-corrected chi connectivity index (χ3v) is 24.2. The lowest BCUT2D eigenvalue weighted by molar-refractivity contribution is -0.360. The number of carbonyl (C=O) groups is 4. The van der Waals surface area contributed by atoms with Gasteiger partial charge in [0.1, 0.15) is 92.6 Å². The second-order valence-corrected chi connectivity index (χ2v) is 35.2. The van der Waals surface area contributed by atoms with Gasteiger partial charge in [-0.3, -0.25) is 28.2 Å². The summed E-state index contributed by atoms with van der Waals surface area (Å²) in [6.45, 7) is 7.88. The molecule has 25 nitrogen and oxygen atoms in total. The Morgan fingerprint density at radius 1 is 0.362 bits per heavy atom. The fourth-order valence-corrected chi connectivity index (χ4v) is 16.6. The number of allylic oxidation sites excluding steroid dienone is 2. The van der Waals surface area contributed by atoms with Crippen molar-refractivity contribution >= 4 is 31.7 Å². The molecule has 19 unspecified atom stereocenters. The van der Waals surface area contributed by atoms with Gasteiger partial charge in [-0.25, -0.2) is 4.57 Å². The standard InChI is InChI=1S/C90H167O25P/c1-6-10-14-18-22-25-28-31-32-35-37-39-42-49-55-61-73(92)106-66-70(109-75(94)63-57-51-44-41-38-34-30-27-24-20-16-12-8-3)67-108-116(104,105)115-88-86(113-89-83(102)79(98)77(96)71(65-91)110-89)82(101)81(100)85(112-76(95)64-58-52-46-45-48-54-60-69(5)59-53-47-21-17-13-9-4)87(88)114-90-84(103)80(99)78(97)72(111-90)68-107-74(93)62-56-50-43-40-36-33-29-26-23-19-15-11-7-2/h25,28,69-72,77-91,96-103H,6-24,26-27,29-68H2,1-5H3,(H,104,105)/b28-25-. The van der Waals surface area contributed by atoms with Crippen LogP contribution in [-0.2, 0) is 70.7 Å². The zero-order chi connectivity index (χ0) is 84.8. The van der Waals surface area contributed by atoms with E-state index in [0.717, 1.165) is 148 Å². The largest absolute Gasteiger partial charge is 0.472 e. The minimum absolute atomic E-state index is 0.0179. The molecule has 2 saturated heterocycles. The van der Waals surface area contributed by atoms with Crippen LogP contribution in [0.4, 0.5) is 0 Å². The summed E-state index contributed by atoms with van der Waals surface area (Å²) in [6, 6.07) is 0. The van der Waals surface area contributed by atoms with E-state index in [2.05, 4.69) is 46.8 Å². The van der Waals surface area contributed by atoms with Gasteiger partial charge in [0, 0.05) is 25.7 Å². The molecule has 0 aromatic rings. The van der Waals surface area contributed by atoms with Crippen molar-refractivity contribution in [3.05, 3.63) is 12.2 Å². The molecule has 0 aromatic heterocycles. The van der Waals surface area contributed by atoms with Crippen LogP contribution in [0.2, 0.25) is 0 Å². The monoisotopic (exact) mass is 1680 g/mol. The van der Waals surface area contributed by atoms with E-state index in [1.54, 1.807) is 0 Å². The molecule has 116 heavy (non-hydrogen) atoms. The van der Waals surface area contributed by atoms with Crippen molar-refractivity contribution in [1.29, 1.82) is 0 Å². The Kier molecular flexibility index (Phi) is 63.5. The fraction of sp³-hybridized carbons (Fsp3) is 0.933. The van der Waals surface area contributed by atoms with Crippen LogP contribution in [-0.4, -0.2) is 205 Å². The Hall–Kier alpha value is -2.79. The Morgan fingerprint density at radius 3 is 1.12 bits per heavy atom. The predicted octanol–water partition coefficient (Wildman–Crippen LogP) is 17.0. The molecule has 1 aliphatic carbocycles. The summed E-state index contributed by atoms with van der Waals surface area (Å²) >= 11 is 0. The average Bonchev–Trinajstić information content (AvgIpc) is 0.754. The van der Waals surface area contributed by atoms with Crippen molar-refractivity contribution in [1.82, 2.24) is 0 Å². The second-order valence-electron chi connectivity index (χ2n) is 33.8. The van der Waals surface area contributed by atoms with Crippen LogP contribution in [0.15, 0.2) is 12.2 Å². The van der Waals surface area contributed by atoms with Crippen LogP contribution in [0.1, 0.15) is 401 Å². The van der Waals surface area contributed by atoms with Gasteiger partial charge in [0.2, 0.25) is 0 Å². The van der Waals surface area contributed by atoms with E-state index in [-0.39, 0.29) is 25.7 Å². The van der Waals surface area contributed by atoms with Gasteiger partial charge < -0.3 is 88.7 Å². The van der Waals surface area contributed by atoms with Crippen LogP contribution in [0.5, 0.6) is 0 Å². The molecule has 0 spiro atoms. The summed E-state index contributed by atoms with van der Waals surface area (Å²) in [5.74, 6) is -2.33. The highest BCUT2D eigenvalue weighted by molar-refractivity contribution is 7.47. The molecule has 0 amide bonds. The molecule has 2 aliphatic heterocycles. The maximum Gasteiger partial charge on any atom is 0.472 e. The summed E-state index contributed by atoms with van der Waals surface area (Å²) in [7, 11) is -5.81. The Labute approximate surface area is 699 Å². The van der Waals surface area contributed by atoms with Crippen molar-refractivity contribution in [3.63, 3.8) is 0 Å². The summed E-state index contributed by atoms with van der Waals surface area (Å²) in [5, 5.41) is 102. The molecule has 3 fully saturated rings. The van der Waals surface area contributed by atoms with Gasteiger partial charge in [-0.1, -0.05) is 336 Å². The van der Waals surface area contributed by atoms with Gasteiger partial charge in [0.05, 0.1) is 13.2 Å². The SMILES string of the molecule is CCCCCC/C=C\CCCCCCCCCC(=O)OCC(COP(=O)(O)OC1C(OC2OC(CO)C(O)C(O)C2O)C(O)C(O)C(OC(=O)CCCCCCCCC(C)CCCCCCCC)C1OC1OC(COC(=O)CCCCCCCCCCCCCCC)C(O)C(O)C1O)OC(=O)CCCCCCCCCCCCCCC. The first-order valence-corrected chi connectivity index (χ1v) is 48.3. The molecule has 0 aromatic carbocycles. The number of hydrogen-bond acceptors (Lipinski definition) is 24.